The Morgan fingerprint density at radius 2 is 2.00 bits per heavy atom. The molecule has 0 spiro atoms. The molecular formula is C18H15ClN2OS2. The van der Waals surface area contributed by atoms with Crippen LogP contribution in [0.4, 0.5) is 0 Å². The van der Waals surface area contributed by atoms with Crippen LogP contribution in [-0.2, 0) is 6.54 Å². The molecule has 0 radical (unpaired) electrons. The smallest absolute Gasteiger partial charge is 0.266 e. The summed E-state index contributed by atoms with van der Waals surface area (Å²) in [7, 11) is 0. The van der Waals surface area contributed by atoms with Gasteiger partial charge in [-0.3, -0.25) is 4.79 Å². The van der Waals surface area contributed by atoms with Crippen molar-refractivity contribution in [3.8, 4) is 10.6 Å². The van der Waals surface area contributed by atoms with Gasteiger partial charge in [0, 0.05) is 17.0 Å². The maximum absolute atomic E-state index is 12.8. The average Bonchev–Trinajstić information content (AvgIpc) is 3.24. The number of thiazole rings is 1. The first-order valence-electron chi connectivity index (χ1n) is 7.33. The summed E-state index contributed by atoms with van der Waals surface area (Å²) in [5.74, 6) is -0.0425. The quantitative estimate of drug-likeness (QED) is 0.544. The molecule has 1 aromatic carbocycles. The van der Waals surface area contributed by atoms with Gasteiger partial charge in [-0.05, 0) is 12.1 Å². The van der Waals surface area contributed by atoms with Crippen molar-refractivity contribution in [2.24, 2.45) is 0 Å². The van der Waals surface area contributed by atoms with Crippen molar-refractivity contribution < 1.29 is 4.79 Å². The summed E-state index contributed by atoms with van der Waals surface area (Å²) >= 11 is 8.86. The molecule has 3 aromatic rings. The van der Waals surface area contributed by atoms with Crippen molar-refractivity contribution in [3.63, 3.8) is 0 Å². The van der Waals surface area contributed by atoms with Crippen molar-refractivity contribution >= 4 is 40.2 Å². The van der Waals surface area contributed by atoms with Crippen LogP contribution in [0.2, 0.25) is 4.34 Å². The molecule has 1 amide bonds. The van der Waals surface area contributed by atoms with Gasteiger partial charge in [-0.1, -0.05) is 48.0 Å². The molecule has 0 fully saturated rings. The van der Waals surface area contributed by atoms with E-state index in [2.05, 4.69) is 11.6 Å². The molecule has 3 rings (SSSR count). The highest BCUT2D eigenvalue weighted by Crippen LogP contribution is 2.27. The number of halogens is 1. The van der Waals surface area contributed by atoms with E-state index in [1.807, 2.05) is 42.5 Å². The third kappa shape index (κ3) is 3.93. The van der Waals surface area contributed by atoms with Gasteiger partial charge in [0.15, 0.2) is 0 Å². The highest BCUT2D eigenvalue weighted by atomic mass is 35.5. The Balaban J connectivity index is 1.80. The van der Waals surface area contributed by atoms with E-state index >= 15 is 0 Å². The third-order valence-electron chi connectivity index (χ3n) is 3.35. The van der Waals surface area contributed by atoms with E-state index in [1.165, 1.54) is 22.7 Å². The van der Waals surface area contributed by atoms with E-state index in [0.717, 1.165) is 19.8 Å². The molecule has 0 saturated heterocycles. The Kier molecular flexibility index (Phi) is 5.45. The maximum atomic E-state index is 12.8. The fraction of sp³-hybridized carbons (Fsp3) is 0.111. The number of rotatable bonds is 6. The Morgan fingerprint density at radius 3 is 2.67 bits per heavy atom. The normalized spacial score (nSPS) is 10.5. The Hall–Kier alpha value is -1.95. The van der Waals surface area contributed by atoms with Gasteiger partial charge in [0.2, 0.25) is 0 Å². The van der Waals surface area contributed by atoms with Crippen LogP contribution in [0.3, 0.4) is 0 Å². The summed E-state index contributed by atoms with van der Waals surface area (Å²) in [5, 5.41) is 0.844. The molecule has 0 bridgehead atoms. The molecule has 2 heterocycles. The number of thiophene rings is 1. The Bertz CT molecular complexity index is 842. The van der Waals surface area contributed by atoms with Gasteiger partial charge < -0.3 is 4.90 Å². The van der Waals surface area contributed by atoms with Crippen molar-refractivity contribution in [3.05, 3.63) is 75.4 Å². The van der Waals surface area contributed by atoms with Crippen LogP contribution < -0.4 is 0 Å². The summed E-state index contributed by atoms with van der Waals surface area (Å²) < 4.78 is 0.722. The summed E-state index contributed by atoms with van der Waals surface area (Å²) in [6.07, 6.45) is 3.37. The van der Waals surface area contributed by atoms with Crippen molar-refractivity contribution in [1.82, 2.24) is 9.88 Å². The van der Waals surface area contributed by atoms with Gasteiger partial charge in [-0.2, -0.15) is 0 Å². The van der Waals surface area contributed by atoms with Crippen LogP contribution in [0, 0.1) is 0 Å². The first-order valence-corrected chi connectivity index (χ1v) is 9.34. The van der Waals surface area contributed by atoms with Crippen LogP contribution in [0.25, 0.3) is 10.6 Å². The number of aromatic nitrogens is 1. The molecule has 0 aliphatic heterocycles. The molecule has 0 aliphatic rings. The van der Waals surface area contributed by atoms with Gasteiger partial charge in [0.05, 0.1) is 17.1 Å². The molecule has 6 heteroatoms. The lowest BCUT2D eigenvalue weighted by Crippen LogP contribution is -2.29. The molecule has 122 valence electrons. The molecule has 0 saturated carbocycles. The average molecular weight is 375 g/mol. The van der Waals surface area contributed by atoms with E-state index < -0.39 is 0 Å². The minimum atomic E-state index is -0.0425. The number of benzene rings is 1. The predicted octanol–water partition coefficient (Wildman–Crippen LogP) is 5.35. The minimum absolute atomic E-state index is 0.0425. The number of hydrogen-bond donors (Lipinski definition) is 0. The number of carbonyl (C=O) groups is 1. The van der Waals surface area contributed by atoms with Crippen LogP contribution in [0.15, 0.2) is 61.3 Å². The SMILES string of the molecule is C=CCN(Cc1ccc(Cl)s1)C(=O)c1cnc(-c2ccccc2)s1. The molecule has 2 aromatic heterocycles. The van der Waals surface area contributed by atoms with E-state index in [1.54, 1.807) is 17.2 Å². The van der Waals surface area contributed by atoms with Crippen LogP contribution in [0.1, 0.15) is 14.5 Å². The number of hydrogen-bond acceptors (Lipinski definition) is 4. The molecule has 0 aliphatic carbocycles. The second kappa shape index (κ2) is 7.75. The fourth-order valence-corrected chi connectivity index (χ4v) is 4.24. The largest absolute Gasteiger partial charge is 0.329 e. The Morgan fingerprint density at radius 1 is 1.21 bits per heavy atom. The first-order chi connectivity index (χ1) is 11.7. The molecule has 0 N–H and O–H groups in total. The fourth-order valence-electron chi connectivity index (χ4n) is 2.24. The topological polar surface area (TPSA) is 33.2 Å². The lowest BCUT2D eigenvalue weighted by Gasteiger charge is -2.19. The number of amides is 1. The molecule has 24 heavy (non-hydrogen) atoms. The lowest BCUT2D eigenvalue weighted by molar-refractivity contribution is 0.0769. The lowest BCUT2D eigenvalue weighted by atomic mass is 10.2. The second-order valence-corrected chi connectivity index (χ2v) is 7.91. The second-order valence-electron chi connectivity index (χ2n) is 5.08. The summed E-state index contributed by atoms with van der Waals surface area (Å²) in [5.41, 5.74) is 1.02. The Labute approximate surface area is 153 Å². The maximum Gasteiger partial charge on any atom is 0.266 e. The van der Waals surface area contributed by atoms with E-state index in [0.29, 0.717) is 18.0 Å². The van der Waals surface area contributed by atoms with E-state index in [4.69, 9.17) is 11.6 Å². The number of carbonyl (C=O) groups excluding carboxylic acids is 1. The van der Waals surface area contributed by atoms with Gasteiger partial charge in [-0.15, -0.1) is 29.3 Å². The van der Waals surface area contributed by atoms with Crippen molar-refractivity contribution in [1.29, 1.82) is 0 Å². The molecular weight excluding hydrogens is 360 g/mol. The van der Waals surface area contributed by atoms with Gasteiger partial charge in [0.1, 0.15) is 9.88 Å². The zero-order valence-electron chi connectivity index (χ0n) is 12.8. The number of nitrogens with zero attached hydrogens (tertiary/aromatic N) is 2. The van der Waals surface area contributed by atoms with Crippen LogP contribution in [0.5, 0.6) is 0 Å². The highest BCUT2D eigenvalue weighted by molar-refractivity contribution is 7.17. The summed E-state index contributed by atoms with van der Waals surface area (Å²) in [4.78, 5) is 20.6. The van der Waals surface area contributed by atoms with Gasteiger partial charge in [-0.25, -0.2) is 4.98 Å². The molecule has 3 nitrogen and oxygen atoms in total. The van der Waals surface area contributed by atoms with Crippen LogP contribution >= 0.6 is 34.3 Å². The van der Waals surface area contributed by atoms with E-state index in [-0.39, 0.29) is 5.91 Å². The first kappa shape index (κ1) is 16.9. The third-order valence-corrected chi connectivity index (χ3v) is 5.60. The van der Waals surface area contributed by atoms with Crippen LogP contribution in [-0.4, -0.2) is 22.3 Å². The molecule has 0 unspecified atom stereocenters. The highest BCUT2D eigenvalue weighted by Gasteiger charge is 2.19. The van der Waals surface area contributed by atoms with Crippen molar-refractivity contribution in [2.75, 3.05) is 6.54 Å². The summed E-state index contributed by atoms with van der Waals surface area (Å²) in [6.45, 7) is 4.74. The van der Waals surface area contributed by atoms with Crippen molar-refractivity contribution in [2.45, 2.75) is 6.54 Å². The molecule has 0 atom stereocenters. The minimum Gasteiger partial charge on any atom is -0.329 e. The standard InChI is InChI=1S/C18H15ClN2OS2/c1-2-10-21(12-14-8-9-16(19)23-14)18(22)15-11-20-17(24-15)13-6-4-3-5-7-13/h2-9,11H,1,10,12H2. The predicted molar refractivity (Wildman–Crippen MR) is 102 cm³/mol. The van der Waals surface area contributed by atoms with Gasteiger partial charge >= 0.3 is 0 Å². The zero-order chi connectivity index (χ0) is 16.9. The summed E-state index contributed by atoms with van der Waals surface area (Å²) in [6, 6.07) is 13.6. The monoisotopic (exact) mass is 374 g/mol. The van der Waals surface area contributed by atoms with Gasteiger partial charge in [0.25, 0.3) is 5.91 Å². The van der Waals surface area contributed by atoms with E-state index in [9.17, 15) is 4.79 Å². The zero-order valence-corrected chi connectivity index (χ0v) is 15.2.